The Morgan fingerprint density at radius 2 is 1.30 bits per heavy atom. The summed E-state index contributed by atoms with van der Waals surface area (Å²) in [5.74, 6) is 9.96. The van der Waals surface area contributed by atoms with Crippen LogP contribution in [-0.2, 0) is 10.0 Å². The lowest BCUT2D eigenvalue weighted by Gasteiger charge is -2.09. The zero-order valence-electron chi connectivity index (χ0n) is 16.0. The Bertz CT molecular complexity index is 1210. The number of sulfonamides is 1. The molecule has 0 amide bonds. The Labute approximate surface area is 174 Å². The highest BCUT2D eigenvalue weighted by atomic mass is 32.2. The van der Waals surface area contributed by atoms with Crippen LogP contribution in [0.3, 0.4) is 0 Å². The zero-order valence-corrected chi connectivity index (χ0v) is 16.8. The first-order valence-corrected chi connectivity index (χ1v) is 10.4. The second-order valence-electron chi connectivity index (χ2n) is 6.43. The molecule has 0 aliphatic heterocycles. The third-order valence-corrected chi connectivity index (χ3v) is 5.41. The van der Waals surface area contributed by atoms with Gasteiger partial charge in [-0.1, -0.05) is 53.5 Å². The van der Waals surface area contributed by atoms with Crippen LogP contribution in [0.25, 0.3) is 0 Å². The molecule has 3 aromatic carbocycles. The Morgan fingerprint density at radius 3 is 1.77 bits per heavy atom. The van der Waals surface area contributed by atoms with Crippen LogP contribution in [0.5, 0.6) is 0 Å². The number of benzene rings is 3. The summed E-state index contributed by atoms with van der Waals surface area (Å²) < 4.78 is 54.6. The molecule has 3 aromatic rings. The molecule has 0 atom stereocenters. The molecule has 0 radical (unpaired) electrons. The van der Waals surface area contributed by atoms with Gasteiger partial charge in [0.1, 0.15) is 17.7 Å². The van der Waals surface area contributed by atoms with Crippen molar-refractivity contribution in [1.29, 1.82) is 0 Å². The van der Waals surface area contributed by atoms with Crippen molar-refractivity contribution in [3.8, 4) is 23.7 Å². The quantitative estimate of drug-likeness (QED) is 0.650. The van der Waals surface area contributed by atoms with E-state index in [4.69, 9.17) is 0 Å². The largest absolute Gasteiger partial charge is 0.242 e. The van der Waals surface area contributed by atoms with E-state index in [-0.39, 0.29) is 4.90 Å². The summed E-state index contributed by atoms with van der Waals surface area (Å²) in [5.41, 5.74) is 1.67. The van der Waals surface area contributed by atoms with Crippen LogP contribution in [0.2, 0.25) is 0 Å². The first kappa shape index (κ1) is 21.3. The average molecular weight is 421 g/mol. The number of nitrogens with one attached hydrogen (secondary N) is 1. The van der Waals surface area contributed by atoms with Gasteiger partial charge in [0, 0.05) is 11.1 Å². The molecule has 0 aromatic heterocycles. The van der Waals surface area contributed by atoms with E-state index in [0.717, 1.165) is 5.56 Å². The zero-order chi connectivity index (χ0) is 21.6. The average Bonchev–Trinajstić information content (AvgIpc) is 2.70. The molecule has 0 saturated heterocycles. The van der Waals surface area contributed by atoms with Gasteiger partial charge in [-0.05, 0) is 55.5 Å². The number of rotatable bonds is 3. The minimum atomic E-state index is -3.90. The molecule has 0 spiro atoms. The summed E-state index contributed by atoms with van der Waals surface area (Å²) in [4.78, 5) is 0.0678. The lowest BCUT2D eigenvalue weighted by molar-refractivity contribution is 0.582. The van der Waals surface area contributed by atoms with Gasteiger partial charge in [0.05, 0.1) is 4.90 Å². The van der Waals surface area contributed by atoms with Crippen LogP contribution >= 0.6 is 0 Å². The van der Waals surface area contributed by atoms with Gasteiger partial charge in [-0.2, -0.15) is 4.72 Å². The van der Waals surface area contributed by atoms with Crippen molar-refractivity contribution in [3.63, 3.8) is 0 Å². The van der Waals surface area contributed by atoms with E-state index in [9.17, 15) is 17.2 Å². The molecule has 1 N–H and O–H groups in total. The van der Waals surface area contributed by atoms with Crippen molar-refractivity contribution in [2.45, 2.75) is 17.9 Å². The lowest BCUT2D eigenvalue weighted by atomic mass is 10.2. The standard InChI is InChI=1S/C24H17F2NO2S/c1-18-8-14-24(15-9-18)30(28,29)27-23(12-10-19-4-2-6-21(25)16-19)13-11-20-5-3-7-22(26)17-20/h2-9,14-17,23,27H,1H3. The van der Waals surface area contributed by atoms with Crippen LogP contribution in [0.1, 0.15) is 16.7 Å². The molecule has 30 heavy (non-hydrogen) atoms. The first-order valence-electron chi connectivity index (χ1n) is 8.95. The summed E-state index contributed by atoms with van der Waals surface area (Å²) in [6.45, 7) is 1.85. The van der Waals surface area contributed by atoms with Gasteiger partial charge in [0.15, 0.2) is 0 Å². The molecule has 6 heteroatoms. The number of halogens is 2. The number of hydrogen-bond donors (Lipinski definition) is 1. The molecule has 0 unspecified atom stereocenters. The first-order chi connectivity index (χ1) is 14.3. The molecular weight excluding hydrogens is 404 g/mol. The van der Waals surface area contributed by atoms with Crippen molar-refractivity contribution in [1.82, 2.24) is 4.72 Å². The number of hydrogen-bond acceptors (Lipinski definition) is 2. The summed E-state index contributed by atoms with van der Waals surface area (Å²) in [7, 11) is -3.90. The summed E-state index contributed by atoms with van der Waals surface area (Å²) in [5, 5.41) is 0. The highest BCUT2D eigenvalue weighted by molar-refractivity contribution is 7.89. The summed E-state index contributed by atoms with van der Waals surface area (Å²) >= 11 is 0. The molecule has 0 aliphatic rings. The molecule has 3 nitrogen and oxygen atoms in total. The maximum atomic E-state index is 13.4. The molecule has 0 bridgehead atoms. The second kappa shape index (κ2) is 9.37. The fraction of sp³-hybridized carbons (Fsp3) is 0.0833. The molecule has 0 fully saturated rings. The van der Waals surface area contributed by atoms with Crippen molar-refractivity contribution in [2.24, 2.45) is 0 Å². The second-order valence-corrected chi connectivity index (χ2v) is 8.14. The van der Waals surface area contributed by atoms with Gasteiger partial charge in [0.2, 0.25) is 10.0 Å². The van der Waals surface area contributed by atoms with Crippen molar-refractivity contribution >= 4 is 10.0 Å². The Morgan fingerprint density at radius 1 is 0.800 bits per heavy atom. The fourth-order valence-corrected chi connectivity index (χ4v) is 3.54. The predicted molar refractivity (Wildman–Crippen MR) is 112 cm³/mol. The van der Waals surface area contributed by atoms with Gasteiger partial charge >= 0.3 is 0 Å². The van der Waals surface area contributed by atoms with E-state index in [2.05, 4.69) is 28.4 Å². The van der Waals surface area contributed by atoms with Crippen LogP contribution in [0.4, 0.5) is 8.78 Å². The van der Waals surface area contributed by atoms with Crippen molar-refractivity contribution in [2.75, 3.05) is 0 Å². The Kier molecular flexibility index (Phi) is 6.64. The monoisotopic (exact) mass is 421 g/mol. The van der Waals surface area contributed by atoms with E-state index in [1.165, 1.54) is 48.5 Å². The third kappa shape index (κ3) is 6.02. The van der Waals surface area contributed by atoms with Crippen LogP contribution in [-0.4, -0.2) is 14.5 Å². The third-order valence-electron chi connectivity index (χ3n) is 3.98. The van der Waals surface area contributed by atoms with Crippen LogP contribution < -0.4 is 4.72 Å². The normalized spacial score (nSPS) is 10.7. The fourth-order valence-electron chi connectivity index (χ4n) is 2.48. The van der Waals surface area contributed by atoms with E-state index in [0.29, 0.717) is 11.1 Å². The molecule has 0 saturated carbocycles. The van der Waals surface area contributed by atoms with Crippen molar-refractivity contribution in [3.05, 3.63) is 101 Å². The van der Waals surface area contributed by atoms with E-state index >= 15 is 0 Å². The maximum Gasteiger partial charge on any atom is 0.242 e. The van der Waals surface area contributed by atoms with Crippen LogP contribution in [0, 0.1) is 42.2 Å². The predicted octanol–water partition coefficient (Wildman–Crippen LogP) is 4.02. The highest BCUT2D eigenvalue weighted by Gasteiger charge is 2.17. The van der Waals surface area contributed by atoms with Gasteiger partial charge in [-0.3, -0.25) is 0 Å². The molecule has 3 rings (SSSR count). The SMILES string of the molecule is Cc1ccc(S(=O)(=O)NC(C#Cc2cccc(F)c2)C#Cc2cccc(F)c2)cc1. The minimum Gasteiger partial charge on any atom is -0.207 e. The minimum absolute atomic E-state index is 0.0678. The Hall–Kier alpha value is -3.45. The van der Waals surface area contributed by atoms with Gasteiger partial charge in [-0.15, -0.1) is 0 Å². The lowest BCUT2D eigenvalue weighted by Crippen LogP contribution is -2.32. The molecular formula is C24H17F2NO2S. The van der Waals surface area contributed by atoms with Crippen molar-refractivity contribution < 1.29 is 17.2 Å². The Balaban J connectivity index is 1.94. The van der Waals surface area contributed by atoms with Crippen LogP contribution in [0.15, 0.2) is 77.7 Å². The van der Waals surface area contributed by atoms with E-state index < -0.39 is 27.7 Å². The van der Waals surface area contributed by atoms with Gasteiger partial charge in [0.25, 0.3) is 0 Å². The van der Waals surface area contributed by atoms with E-state index in [1.807, 2.05) is 6.92 Å². The smallest absolute Gasteiger partial charge is 0.207 e. The topological polar surface area (TPSA) is 46.2 Å². The molecule has 150 valence electrons. The van der Waals surface area contributed by atoms with Gasteiger partial charge < -0.3 is 0 Å². The molecule has 0 heterocycles. The molecule has 0 aliphatic carbocycles. The van der Waals surface area contributed by atoms with E-state index in [1.54, 1.807) is 24.3 Å². The maximum absolute atomic E-state index is 13.4. The van der Waals surface area contributed by atoms with Gasteiger partial charge in [-0.25, -0.2) is 17.2 Å². The number of aryl methyl sites for hydroxylation is 1. The highest BCUT2D eigenvalue weighted by Crippen LogP contribution is 2.11. The summed E-state index contributed by atoms with van der Waals surface area (Å²) in [6, 6.07) is 16.5. The summed E-state index contributed by atoms with van der Waals surface area (Å²) in [6.07, 6.45) is 0.